The molecule has 1 saturated heterocycles. The minimum atomic E-state index is 0.653. The Morgan fingerprint density at radius 1 is 1.52 bits per heavy atom. The highest BCUT2D eigenvalue weighted by atomic mass is 16.5. The van der Waals surface area contributed by atoms with Gasteiger partial charge < -0.3 is 19.6 Å². The molecule has 0 radical (unpaired) electrons. The fourth-order valence-corrected chi connectivity index (χ4v) is 2.85. The summed E-state index contributed by atoms with van der Waals surface area (Å²) in [5.41, 5.74) is 0.898. The lowest BCUT2D eigenvalue weighted by Crippen LogP contribution is -2.40. The third kappa shape index (κ3) is 4.46. The molecule has 1 unspecified atom stereocenters. The largest absolute Gasteiger partial charge is 0.364 e. The van der Waals surface area contributed by atoms with Crippen LogP contribution in [0.15, 0.2) is 21.8 Å². The van der Waals surface area contributed by atoms with E-state index in [2.05, 4.69) is 39.1 Å². The van der Waals surface area contributed by atoms with Gasteiger partial charge in [-0.15, -0.1) is 0 Å². The van der Waals surface area contributed by atoms with Crippen molar-refractivity contribution in [2.75, 3.05) is 39.8 Å². The molecule has 118 valence electrons. The van der Waals surface area contributed by atoms with Crippen molar-refractivity contribution < 1.29 is 4.52 Å². The smallest absolute Gasteiger partial charge is 0.193 e. The number of likely N-dealkylation sites (tertiary alicyclic amines) is 1. The van der Waals surface area contributed by atoms with Gasteiger partial charge in [-0.3, -0.25) is 4.99 Å². The molecule has 0 amide bonds. The third-order valence-electron chi connectivity index (χ3n) is 4.13. The van der Waals surface area contributed by atoms with Crippen molar-refractivity contribution in [2.24, 2.45) is 10.9 Å². The molecule has 1 aliphatic heterocycles. The van der Waals surface area contributed by atoms with Crippen molar-refractivity contribution in [3.8, 4) is 0 Å². The Hall–Kier alpha value is -1.56. The van der Waals surface area contributed by atoms with Gasteiger partial charge in [0.15, 0.2) is 5.96 Å². The molecule has 0 aromatic carbocycles. The van der Waals surface area contributed by atoms with Gasteiger partial charge in [0.1, 0.15) is 12.0 Å². The van der Waals surface area contributed by atoms with Crippen LogP contribution in [-0.2, 0) is 6.54 Å². The van der Waals surface area contributed by atoms with E-state index in [1.807, 2.05) is 13.1 Å². The first-order chi connectivity index (χ1) is 10.3. The van der Waals surface area contributed by atoms with Crippen molar-refractivity contribution in [1.82, 2.24) is 20.3 Å². The molecule has 6 heteroatoms. The van der Waals surface area contributed by atoms with E-state index in [0.29, 0.717) is 6.54 Å². The number of guanidine groups is 1. The van der Waals surface area contributed by atoms with Gasteiger partial charge in [-0.2, -0.15) is 0 Å². The number of hydrogen-bond donors (Lipinski definition) is 1. The maximum absolute atomic E-state index is 4.84. The average molecular weight is 293 g/mol. The Bertz CT molecular complexity index is 427. The lowest BCUT2D eigenvalue weighted by atomic mass is 10.1. The molecule has 6 nitrogen and oxygen atoms in total. The first-order valence-electron chi connectivity index (χ1n) is 7.84. The van der Waals surface area contributed by atoms with E-state index < -0.39 is 0 Å². The second-order valence-electron chi connectivity index (χ2n) is 5.48. The fraction of sp³-hybridized carbons (Fsp3) is 0.733. The monoisotopic (exact) mass is 293 g/mol. The molecule has 0 spiro atoms. The summed E-state index contributed by atoms with van der Waals surface area (Å²) in [6, 6.07) is 1.87. The van der Waals surface area contributed by atoms with Gasteiger partial charge in [0.25, 0.3) is 0 Å². The SMILES string of the molecule is CCN(CC)CC1CCN(C(=NC)NCc2ccon2)C1. The Morgan fingerprint density at radius 2 is 2.33 bits per heavy atom. The first kappa shape index (κ1) is 15.8. The summed E-state index contributed by atoms with van der Waals surface area (Å²) in [4.78, 5) is 9.22. The highest BCUT2D eigenvalue weighted by Crippen LogP contribution is 2.17. The molecule has 21 heavy (non-hydrogen) atoms. The molecule has 1 atom stereocenters. The minimum Gasteiger partial charge on any atom is -0.364 e. The summed E-state index contributed by atoms with van der Waals surface area (Å²) in [6.45, 7) is 10.7. The maximum atomic E-state index is 4.84. The maximum Gasteiger partial charge on any atom is 0.193 e. The van der Waals surface area contributed by atoms with Crippen LogP contribution in [0.4, 0.5) is 0 Å². The molecule has 2 rings (SSSR count). The third-order valence-corrected chi connectivity index (χ3v) is 4.13. The lowest BCUT2D eigenvalue weighted by Gasteiger charge is -2.24. The summed E-state index contributed by atoms with van der Waals surface area (Å²) in [7, 11) is 1.84. The number of nitrogens with one attached hydrogen (secondary N) is 1. The number of rotatable bonds is 6. The van der Waals surface area contributed by atoms with E-state index >= 15 is 0 Å². The predicted octanol–water partition coefficient (Wildman–Crippen LogP) is 1.41. The van der Waals surface area contributed by atoms with Gasteiger partial charge in [0.05, 0.1) is 6.54 Å². The van der Waals surface area contributed by atoms with Gasteiger partial charge in [0.2, 0.25) is 0 Å². The molecule has 1 N–H and O–H groups in total. The second-order valence-corrected chi connectivity index (χ2v) is 5.48. The van der Waals surface area contributed by atoms with Crippen molar-refractivity contribution in [3.05, 3.63) is 18.0 Å². The molecular formula is C15H27N5O. The van der Waals surface area contributed by atoms with Crippen molar-refractivity contribution in [3.63, 3.8) is 0 Å². The Labute approximate surface area is 127 Å². The fourth-order valence-electron chi connectivity index (χ4n) is 2.85. The van der Waals surface area contributed by atoms with Gasteiger partial charge in [0, 0.05) is 32.7 Å². The minimum absolute atomic E-state index is 0.653. The van der Waals surface area contributed by atoms with Crippen LogP contribution < -0.4 is 5.32 Å². The van der Waals surface area contributed by atoms with Crippen molar-refractivity contribution in [1.29, 1.82) is 0 Å². The Morgan fingerprint density at radius 3 is 2.95 bits per heavy atom. The molecule has 0 bridgehead atoms. The van der Waals surface area contributed by atoms with E-state index in [1.54, 1.807) is 6.26 Å². The number of aliphatic imine (C=N–C) groups is 1. The average Bonchev–Trinajstić information content (AvgIpc) is 3.17. The van der Waals surface area contributed by atoms with Crippen LogP contribution in [0.25, 0.3) is 0 Å². The van der Waals surface area contributed by atoms with Gasteiger partial charge in [-0.05, 0) is 25.4 Å². The summed E-state index contributed by atoms with van der Waals surface area (Å²) in [6.07, 6.45) is 2.83. The van der Waals surface area contributed by atoms with Crippen LogP contribution in [0.5, 0.6) is 0 Å². The van der Waals surface area contributed by atoms with E-state index in [-0.39, 0.29) is 0 Å². The Balaban J connectivity index is 1.81. The normalized spacial score (nSPS) is 19.5. The number of aromatic nitrogens is 1. The summed E-state index contributed by atoms with van der Waals surface area (Å²) in [5, 5.41) is 7.26. The van der Waals surface area contributed by atoms with Crippen LogP contribution in [0, 0.1) is 5.92 Å². The van der Waals surface area contributed by atoms with E-state index in [9.17, 15) is 0 Å². The van der Waals surface area contributed by atoms with E-state index in [4.69, 9.17) is 4.52 Å². The van der Waals surface area contributed by atoms with Crippen LogP contribution in [0.1, 0.15) is 26.0 Å². The molecule has 2 heterocycles. The highest BCUT2D eigenvalue weighted by Gasteiger charge is 2.25. The molecule has 1 aromatic rings. The molecule has 1 aromatic heterocycles. The summed E-state index contributed by atoms with van der Waals surface area (Å²) in [5.74, 6) is 1.69. The lowest BCUT2D eigenvalue weighted by molar-refractivity contribution is 0.255. The first-order valence-corrected chi connectivity index (χ1v) is 7.84. The van der Waals surface area contributed by atoms with Crippen LogP contribution in [-0.4, -0.2) is 60.7 Å². The second kappa shape index (κ2) is 8.02. The summed E-state index contributed by atoms with van der Waals surface area (Å²) >= 11 is 0. The molecular weight excluding hydrogens is 266 g/mol. The predicted molar refractivity (Wildman–Crippen MR) is 84.2 cm³/mol. The molecule has 1 aliphatic rings. The standard InChI is InChI=1S/C15H27N5O/c1-4-19(5-2)11-13-6-8-20(12-13)15(16-3)17-10-14-7-9-21-18-14/h7,9,13H,4-6,8,10-12H2,1-3H3,(H,16,17). The molecule has 0 saturated carbocycles. The zero-order valence-corrected chi connectivity index (χ0v) is 13.4. The quantitative estimate of drug-likeness (QED) is 0.635. The van der Waals surface area contributed by atoms with Gasteiger partial charge in [-0.1, -0.05) is 19.0 Å². The molecule has 1 fully saturated rings. The van der Waals surface area contributed by atoms with Crippen LogP contribution in [0.3, 0.4) is 0 Å². The number of nitrogens with zero attached hydrogens (tertiary/aromatic N) is 4. The van der Waals surface area contributed by atoms with Gasteiger partial charge >= 0.3 is 0 Å². The van der Waals surface area contributed by atoms with Crippen molar-refractivity contribution >= 4 is 5.96 Å². The molecule has 0 aliphatic carbocycles. The Kier molecular flexibility index (Phi) is 6.04. The van der Waals surface area contributed by atoms with Crippen molar-refractivity contribution in [2.45, 2.75) is 26.8 Å². The van der Waals surface area contributed by atoms with E-state index in [1.165, 1.54) is 13.0 Å². The topological polar surface area (TPSA) is 56.9 Å². The van der Waals surface area contributed by atoms with Gasteiger partial charge in [-0.25, -0.2) is 0 Å². The van der Waals surface area contributed by atoms with E-state index in [0.717, 1.165) is 43.8 Å². The van der Waals surface area contributed by atoms with Crippen LogP contribution in [0.2, 0.25) is 0 Å². The summed E-state index contributed by atoms with van der Waals surface area (Å²) < 4.78 is 4.84. The van der Waals surface area contributed by atoms with Crippen LogP contribution >= 0.6 is 0 Å². The zero-order chi connectivity index (χ0) is 15.1. The highest BCUT2D eigenvalue weighted by molar-refractivity contribution is 5.80. The number of hydrogen-bond acceptors (Lipinski definition) is 4. The zero-order valence-electron chi connectivity index (χ0n) is 13.4.